The van der Waals surface area contributed by atoms with Crippen LogP contribution in [-0.2, 0) is 16.0 Å². The van der Waals surface area contributed by atoms with E-state index in [4.69, 9.17) is 10.5 Å². The molecule has 1 aromatic carbocycles. The Kier molecular flexibility index (Phi) is 3.53. The van der Waals surface area contributed by atoms with Gasteiger partial charge in [0, 0.05) is 17.6 Å². The van der Waals surface area contributed by atoms with Gasteiger partial charge in [0.15, 0.2) is 0 Å². The Bertz CT molecular complexity index is 665. The van der Waals surface area contributed by atoms with Crippen LogP contribution in [0.1, 0.15) is 26.3 Å². The van der Waals surface area contributed by atoms with E-state index < -0.39 is 11.6 Å². The molecular weight excluding hydrogens is 256 g/mol. The number of amides is 1. The molecule has 105 valence electrons. The molecule has 0 saturated heterocycles. The first kappa shape index (κ1) is 14.1. The molecule has 1 amide bonds. The lowest BCUT2D eigenvalue weighted by atomic mass is 10.1. The van der Waals surface area contributed by atoms with Gasteiger partial charge in [-0.2, -0.15) is 0 Å². The van der Waals surface area contributed by atoms with E-state index in [0.29, 0.717) is 5.52 Å². The van der Waals surface area contributed by atoms with Crippen LogP contribution in [0, 0.1) is 6.07 Å². The first-order valence-corrected chi connectivity index (χ1v) is 6.29. The van der Waals surface area contributed by atoms with Crippen molar-refractivity contribution in [2.75, 3.05) is 0 Å². The summed E-state index contributed by atoms with van der Waals surface area (Å²) in [5, 5.41) is 0.775. The maximum absolute atomic E-state index is 11.8. The number of hydrogen-bond acceptors (Lipinski definition) is 3. The highest BCUT2D eigenvalue weighted by molar-refractivity contribution is 5.91. The number of primary amides is 1. The summed E-state index contributed by atoms with van der Waals surface area (Å²) < 4.78 is 6.57. The van der Waals surface area contributed by atoms with Crippen LogP contribution in [0.5, 0.6) is 0 Å². The average Bonchev–Trinajstić information content (AvgIpc) is 2.69. The summed E-state index contributed by atoms with van der Waals surface area (Å²) in [4.78, 5) is 23.1. The number of nitrogens with zero attached hydrogens (tertiary/aromatic N) is 1. The van der Waals surface area contributed by atoms with E-state index in [1.807, 2.05) is 26.8 Å². The van der Waals surface area contributed by atoms with Gasteiger partial charge < -0.3 is 10.5 Å². The molecule has 2 rings (SSSR count). The van der Waals surface area contributed by atoms with Crippen LogP contribution in [-0.4, -0.2) is 22.2 Å². The average molecular weight is 273 g/mol. The Morgan fingerprint density at radius 1 is 1.35 bits per heavy atom. The van der Waals surface area contributed by atoms with E-state index in [0.717, 1.165) is 10.9 Å². The van der Waals surface area contributed by atoms with Gasteiger partial charge in [0.1, 0.15) is 5.60 Å². The predicted octanol–water partition coefficient (Wildman–Crippen LogP) is 2.25. The van der Waals surface area contributed by atoms with Crippen molar-refractivity contribution < 1.29 is 14.3 Å². The van der Waals surface area contributed by atoms with Gasteiger partial charge in [0.05, 0.1) is 11.9 Å². The molecule has 0 aliphatic rings. The molecule has 2 aromatic rings. The number of hydrogen-bond donors (Lipinski definition) is 1. The molecular formula is C15H17N2O3. The Labute approximate surface area is 117 Å². The fourth-order valence-corrected chi connectivity index (χ4v) is 1.94. The van der Waals surface area contributed by atoms with Crippen LogP contribution in [0.4, 0.5) is 4.79 Å². The van der Waals surface area contributed by atoms with Crippen LogP contribution in [0.3, 0.4) is 0 Å². The fraction of sp³-hybridized carbons (Fsp3) is 0.333. The zero-order valence-corrected chi connectivity index (χ0v) is 11.8. The third-order valence-corrected chi connectivity index (χ3v) is 2.68. The second kappa shape index (κ2) is 5.00. The molecule has 1 aromatic heterocycles. The summed E-state index contributed by atoms with van der Waals surface area (Å²) in [7, 11) is 0. The number of fused-ring (bicyclic) bond motifs is 1. The van der Waals surface area contributed by atoms with E-state index in [9.17, 15) is 9.59 Å². The van der Waals surface area contributed by atoms with Crippen molar-refractivity contribution in [3.05, 3.63) is 36.0 Å². The van der Waals surface area contributed by atoms with Crippen molar-refractivity contribution >= 4 is 22.9 Å². The minimum Gasteiger partial charge on any atom is -0.460 e. The van der Waals surface area contributed by atoms with Crippen molar-refractivity contribution in [3.8, 4) is 0 Å². The summed E-state index contributed by atoms with van der Waals surface area (Å²) in [5.41, 5.74) is 6.16. The van der Waals surface area contributed by atoms with E-state index in [2.05, 4.69) is 6.07 Å². The van der Waals surface area contributed by atoms with Crippen molar-refractivity contribution in [2.45, 2.75) is 32.8 Å². The van der Waals surface area contributed by atoms with Gasteiger partial charge in [-0.1, -0.05) is 12.1 Å². The van der Waals surface area contributed by atoms with Gasteiger partial charge in [-0.15, -0.1) is 0 Å². The number of ether oxygens (including phenoxy) is 1. The zero-order chi connectivity index (χ0) is 14.9. The number of esters is 1. The van der Waals surface area contributed by atoms with Gasteiger partial charge in [-0.05, 0) is 32.4 Å². The Morgan fingerprint density at radius 2 is 2.05 bits per heavy atom. The number of carbonyl (C=O) groups is 2. The quantitative estimate of drug-likeness (QED) is 0.853. The van der Waals surface area contributed by atoms with Gasteiger partial charge in [0.25, 0.3) is 0 Å². The van der Waals surface area contributed by atoms with E-state index in [1.165, 1.54) is 10.8 Å². The molecule has 0 fully saturated rings. The number of nitrogens with two attached hydrogens (primary N) is 1. The SMILES string of the molecule is CC(C)(C)OC(=O)Cc1ccc2[c]cn(C(N)=O)c2c1. The molecule has 0 aliphatic carbocycles. The largest absolute Gasteiger partial charge is 0.460 e. The molecule has 0 bridgehead atoms. The highest BCUT2D eigenvalue weighted by atomic mass is 16.6. The molecule has 0 aliphatic heterocycles. The molecule has 5 nitrogen and oxygen atoms in total. The molecule has 0 spiro atoms. The van der Waals surface area contributed by atoms with E-state index >= 15 is 0 Å². The summed E-state index contributed by atoms with van der Waals surface area (Å²) in [6, 6.07) is 7.72. The molecule has 5 heteroatoms. The lowest BCUT2D eigenvalue weighted by molar-refractivity contribution is -0.153. The third kappa shape index (κ3) is 3.17. The van der Waals surface area contributed by atoms with Crippen LogP contribution < -0.4 is 5.73 Å². The highest BCUT2D eigenvalue weighted by Gasteiger charge is 2.17. The number of carbonyl (C=O) groups excluding carboxylic acids is 2. The minimum absolute atomic E-state index is 0.150. The smallest absolute Gasteiger partial charge is 0.323 e. The predicted molar refractivity (Wildman–Crippen MR) is 75.3 cm³/mol. The summed E-state index contributed by atoms with van der Waals surface area (Å²) >= 11 is 0. The second-order valence-corrected chi connectivity index (χ2v) is 5.60. The maximum Gasteiger partial charge on any atom is 0.323 e. The summed E-state index contributed by atoms with van der Waals surface area (Å²) in [6.45, 7) is 5.46. The minimum atomic E-state index is -0.578. The Hall–Kier alpha value is -2.30. The third-order valence-electron chi connectivity index (χ3n) is 2.68. The van der Waals surface area contributed by atoms with Crippen LogP contribution in [0.15, 0.2) is 24.4 Å². The standard InChI is InChI=1S/C15H17N2O3/c1-15(2,3)20-13(18)9-10-4-5-11-6-7-17(14(16)19)12(11)8-10/h4-5,7-8H,9H2,1-3H3,(H2,16,19). The molecule has 20 heavy (non-hydrogen) atoms. The van der Waals surface area contributed by atoms with Crippen molar-refractivity contribution in [3.63, 3.8) is 0 Å². The van der Waals surface area contributed by atoms with Crippen molar-refractivity contribution in [2.24, 2.45) is 5.73 Å². The van der Waals surface area contributed by atoms with E-state index in [1.54, 1.807) is 12.1 Å². The Morgan fingerprint density at radius 3 is 2.65 bits per heavy atom. The fourth-order valence-electron chi connectivity index (χ4n) is 1.94. The summed E-state index contributed by atoms with van der Waals surface area (Å²) in [5.74, 6) is -0.307. The molecule has 1 radical (unpaired) electrons. The van der Waals surface area contributed by atoms with Crippen molar-refractivity contribution in [1.82, 2.24) is 4.57 Å². The highest BCUT2D eigenvalue weighted by Crippen LogP contribution is 2.18. The monoisotopic (exact) mass is 273 g/mol. The van der Waals surface area contributed by atoms with Gasteiger partial charge >= 0.3 is 12.0 Å². The number of rotatable bonds is 2. The Balaban J connectivity index is 2.25. The molecule has 1 heterocycles. The topological polar surface area (TPSA) is 74.3 Å². The number of benzene rings is 1. The summed E-state index contributed by atoms with van der Waals surface area (Å²) in [6.07, 6.45) is 1.64. The first-order chi connectivity index (χ1) is 9.26. The molecule has 0 atom stereocenters. The maximum atomic E-state index is 11.8. The molecule has 2 N–H and O–H groups in total. The van der Waals surface area contributed by atoms with Crippen LogP contribution in [0.2, 0.25) is 0 Å². The van der Waals surface area contributed by atoms with Gasteiger partial charge in [0.2, 0.25) is 0 Å². The normalized spacial score (nSPS) is 11.6. The molecule has 0 unspecified atom stereocenters. The first-order valence-electron chi connectivity index (χ1n) is 6.29. The van der Waals surface area contributed by atoms with Gasteiger partial charge in [-0.3, -0.25) is 9.36 Å². The lowest BCUT2D eigenvalue weighted by Crippen LogP contribution is -2.24. The zero-order valence-electron chi connectivity index (χ0n) is 11.8. The number of aromatic nitrogens is 1. The lowest BCUT2D eigenvalue weighted by Gasteiger charge is -2.19. The van der Waals surface area contributed by atoms with Crippen LogP contribution >= 0.6 is 0 Å². The van der Waals surface area contributed by atoms with Gasteiger partial charge in [-0.25, -0.2) is 4.79 Å². The van der Waals surface area contributed by atoms with Crippen LogP contribution in [0.25, 0.3) is 10.9 Å². The van der Waals surface area contributed by atoms with Crippen molar-refractivity contribution in [1.29, 1.82) is 0 Å². The van der Waals surface area contributed by atoms with E-state index in [-0.39, 0.29) is 12.4 Å². The molecule has 0 saturated carbocycles. The second-order valence-electron chi connectivity index (χ2n) is 5.60.